The number of allylic oxidation sites excluding steroid dienone is 2. The van der Waals surface area contributed by atoms with Gasteiger partial charge in [-0.05, 0) is 51.0 Å². The van der Waals surface area contributed by atoms with Crippen molar-refractivity contribution in [3.63, 3.8) is 0 Å². The largest absolute Gasteiger partial charge is 0.506 e. The van der Waals surface area contributed by atoms with Crippen LogP contribution < -0.4 is 16.4 Å². The molecule has 0 fully saturated rings. The maximum Gasteiger partial charge on any atom is 0.405 e. The first-order chi connectivity index (χ1) is 22.3. The number of phenols is 2. The van der Waals surface area contributed by atoms with E-state index in [-0.39, 0.29) is 34.5 Å². The van der Waals surface area contributed by atoms with Crippen LogP contribution in [0.4, 0.5) is 16.2 Å². The zero-order valence-corrected chi connectivity index (χ0v) is 27.2. The Kier molecular flexibility index (Phi) is 12.8. The minimum atomic E-state index is -1.05. The number of aliphatic hydroxyl groups excluding tert-OH is 1. The van der Waals surface area contributed by atoms with E-state index in [9.17, 15) is 29.7 Å². The van der Waals surface area contributed by atoms with E-state index in [1.165, 1.54) is 63.9 Å². The number of nitrogens with two attached hydrogens (primary N) is 1. The lowest BCUT2D eigenvalue weighted by Crippen LogP contribution is -2.36. The van der Waals surface area contributed by atoms with Crippen LogP contribution in [0.2, 0.25) is 0 Å². The number of benzene rings is 1. The van der Waals surface area contributed by atoms with Crippen molar-refractivity contribution in [2.24, 2.45) is 11.7 Å². The molecule has 5 unspecified atom stereocenters. The van der Waals surface area contributed by atoms with E-state index >= 15 is 0 Å². The quantitative estimate of drug-likeness (QED) is 0.153. The van der Waals surface area contributed by atoms with Crippen LogP contribution in [0.3, 0.4) is 0 Å². The average molecular weight is 651 g/mol. The van der Waals surface area contributed by atoms with Gasteiger partial charge in [0.1, 0.15) is 17.6 Å². The Labute approximate surface area is 273 Å². The van der Waals surface area contributed by atoms with Gasteiger partial charge < -0.3 is 45.9 Å². The van der Waals surface area contributed by atoms with Crippen LogP contribution in [0.5, 0.6) is 11.5 Å². The number of phenolic OH excluding ortho intramolecular Hbond substituents is 2. The molecule has 2 aromatic rings. The fourth-order valence-electron chi connectivity index (χ4n) is 5.10. The molecule has 7 N–H and O–H groups in total. The smallest absolute Gasteiger partial charge is 0.405 e. The van der Waals surface area contributed by atoms with Crippen LogP contribution in [0.25, 0.3) is 6.08 Å². The van der Waals surface area contributed by atoms with E-state index in [1.807, 2.05) is 0 Å². The lowest BCUT2D eigenvalue weighted by Gasteiger charge is -2.28. The summed E-state index contributed by atoms with van der Waals surface area (Å²) in [4.78, 5) is 41.9. The summed E-state index contributed by atoms with van der Waals surface area (Å²) in [5.41, 5.74) is 6.77. The van der Waals surface area contributed by atoms with Gasteiger partial charge >= 0.3 is 6.09 Å². The van der Waals surface area contributed by atoms with E-state index in [1.54, 1.807) is 32.9 Å². The van der Waals surface area contributed by atoms with Crippen LogP contribution in [-0.2, 0) is 19.0 Å². The number of nitrogens with zero attached hydrogens (tertiary/aromatic N) is 1. The molecule has 0 radical (unpaired) electrons. The van der Waals surface area contributed by atoms with Crippen molar-refractivity contribution in [1.29, 1.82) is 0 Å². The number of carbonyl (C=O) groups is 3. The average Bonchev–Trinajstić information content (AvgIpc) is 3.04. The molecule has 0 saturated carbocycles. The number of methoxy groups -OCH3 is 2. The summed E-state index contributed by atoms with van der Waals surface area (Å²) in [5, 5.41) is 39.0. The lowest BCUT2D eigenvalue weighted by molar-refractivity contribution is -0.112. The van der Waals surface area contributed by atoms with Gasteiger partial charge in [-0.1, -0.05) is 36.8 Å². The first kappa shape index (κ1) is 36.5. The molecule has 1 aliphatic heterocycles. The van der Waals surface area contributed by atoms with Gasteiger partial charge in [0, 0.05) is 55.3 Å². The molecular weight excluding hydrogens is 608 g/mol. The van der Waals surface area contributed by atoms with Gasteiger partial charge in [-0.25, -0.2) is 4.79 Å². The Hall–Kier alpha value is -4.98. The van der Waals surface area contributed by atoms with Gasteiger partial charge in [0.05, 0.1) is 23.6 Å². The van der Waals surface area contributed by atoms with Gasteiger partial charge in [0.2, 0.25) is 0 Å². The maximum absolute atomic E-state index is 13.1. The minimum absolute atomic E-state index is 0.0159. The third-order valence-corrected chi connectivity index (χ3v) is 7.68. The summed E-state index contributed by atoms with van der Waals surface area (Å²) < 4.78 is 16.6. The highest BCUT2D eigenvalue weighted by Gasteiger charge is 2.29. The number of hydrogen-bond acceptors (Lipinski definition) is 10. The highest BCUT2D eigenvalue weighted by atomic mass is 16.6. The summed E-state index contributed by atoms with van der Waals surface area (Å²) in [6.07, 6.45) is 6.32. The summed E-state index contributed by atoms with van der Waals surface area (Å²) in [5.74, 6) is -2.53. The van der Waals surface area contributed by atoms with Gasteiger partial charge in [0.15, 0.2) is 6.10 Å². The number of rotatable bonds is 5. The number of anilines is 2. The highest BCUT2D eigenvalue weighted by Crippen LogP contribution is 2.42. The Morgan fingerprint density at radius 3 is 2.40 bits per heavy atom. The number of amides is 3. The molecule has 2 heterocycles. The van der Waals surface area contributed by atoms with E-state index < -0.39 is 59.7 Å². The van der Waals surface area contributed by atoms with Crippen molar-refractivity contribution in [1.82, 2.24) is 4.98 Å². The molecule has 252 valence electrons. The molecule has 0 aliphatic carbocycles. The van der Waals surface area contributed by atoms with Crippen LogP contribution in [0, 0.1) is 5.92 Å². The number of pyridine rings is 1. The predicted octanol–water partition coefficient (Wildman–Crippen LogP) is 4.43. The number of aliphatic hydroxyl groups is 1. The predicted molar refractivity (Wildman–Crippen MR) is 177 cm³/mol. The van der Waals surface area contributed by atoms with E-state index in [2.05, 4.69) is 15.6 Å². The van der Waals surface area contributed by atoms with Crippen molar-refractivity contribution in [3.8, 4) is 11.5 Å². The number of nitrogens with one attached hydrogen (secondary N) is 2. The number of ether oxygens (including phenoxy) is 3. The Balaban J connectivity index is 2.18. The molecule has 0 saturated heterocycles. The molecule has 0 spiro atoms. The van der Waals surface area contributed by atoms with E-state index in [0.717, 1.165) is 6.07 Å². The Morgan fingerprint density at radius 2 is 1.79 bits per heavy atom. The fourth-order valence-corrected chi connectivity index (χ4v) is 5.10. The number of primary amides is 1. The van der Waals surface area contributed by atoms with Crippen LogP contribution >= 0.6 is 0 Å². The third-order valence-electron chi connectivity index (χ3n) is 7.68. The van der Waals surface area contributed by atoms with Crippen molar-refractivity contribution >= 4 is 35.4 Å². The SMILES string of the molecule is COC1C=CC=C(C)C(=O)Nc2cc(O)c(NC(=O)c3ccncc3)c(c2O)C=C(C)CC(OC)C(O)C(C)C=C(C)C1OC(N)=O. The fraction of sp³-hybridized carbons (Fsp3) is 0.353. The maximum atomic E-state index is 13.1. The Bertz CT molecular complexity index is 1580. The molecule has 2 bridgehead atoms. The van der Waals surface area contributed by atoms with Crippen LogP contribution in [0.15, 0.2) is 71.6 Å². The molecular formula is C34H42N4O9. The topological polar surface area (TPSA) is 203 Å². The molecule has 47 heavy (non-hydrogen) atoms. The van der Waals surface area contributed by atoms with Crippen LogP contribution in [-0.4, -0.2) is 76.8 Å². The van der Waals surface area contributed by atoms with E-state index in [4.69, 9.17) is 19.9 Å². The molecule has 3 rings (SSSR count). The molecule has 3 amide bonds. The number of aromatic nitrogens is 1. The number of carbonyl (C=O) groups excluding carboxylic acids is 3. The monoisotopic (exact) mass is 650 g/mol. The normalized spacial score (nSPS) is 22.7. The zero-order chi connectivity index (χ0) is 34.8. The lowest BCUT2D eigenvalue weighted by atomic mass is 9.91. The second-order valence-corrected chi connectivity index (χ2v) is 11.2. The van der Waals surface area contributed by atoms with Gasteiger partial charge in [-0.2, -0.15) is 0 Å². The van der Waals surface area contributed by atoms with Crippen molar-refractivity contribution < 1.29 is 43.9 Å². The second kappa shape index (κ2) is 16.5. The van der Waals surface area contributed by atoms with Crippen molar-refractivity contribution in [2.45, 2.75) is 58.5 Å². The van der Waals surface area contributed by atoms with Gasteiger partial charge in [-0.15, -0.1) is 0 Å². The first-order valence-electron chi connectivity index (χ1n) is 14.8. The van der Waals surface area contributed by atoms with Crippen LogP contribution in [0.1, 0.15) is 50.0 Å². The number of aromatic hydroxyl groups is 2. The summed E-state index contributed by atoms with van der Waals surface area (Å²) >= 11 is 0. The minimum Gasteiger partial charge on any atom is -0.506 e. The highest BCUT2D eigenvalue weighted by molar-refractivity contribution is 6.08. The standard InChI is InChI=1S/C34H42N4O9/c1-18-14-23-28(38-33(43)22-10-12-36-13-11-22)25(39)17-24(30(23)41)37-32(42)19(2)8-7-9-26(45-5)31(47-34(35)44)21(4)16-20(3)29(40)27(15-18)46-6/h7-14,16-17,20,26-27,29,31,39-41H,15H2,1-6H3,(H2,35,44)(H,37,42)(H,38,43). The Morgan fingerprint density at radius 1 is 1.11 bits per heavy atom. The molecule has 1 aromatic carbocycles. The van der Waals surface area contributed by atoms with Crippen molar-refractivity contribution in [2.75, 3.05) is 24.9 Å². The van der Waals surface area contributed by atoms with Crippen molar-refractivity contribution in [3.05, 3.63) is 82.7 Å². The number of hydrogen-bond donors (Lipinski definition) is 6. The third kappa shape index (κ3) is 9.51. The molecule has 5 atom stereocenters. The van der Waals surface area contributed by atoms with E-state index in [0.29, 0.717) is 11.1 Å². The molecule has 13 heteroatoms. The molecule has 1 aromatic heterocycles. The summed E-state index contributed by atoms with van der Waals surface area (Å²) in [7, 11) is 2.86. The first-order valence-corrected chi connectivity index (χ1v) is 14.8. The summed E-state index contributed by atoms with van der Waals surface area (Å²) in [6, 6.07) is 4.10. The van der Waals surface area contributed by atoms with Gasteiger partial charge in [-0.3, -0.25) is 14.6 Å². The zero-order valence-electron chi connectivity index (χ0n) is 27.2. The van der Waals surface area contributed by atoms with Gasteiger partial charge in [0.25, 0.3) is 11.8 Å². The molecule has 1 aliphatic rings. The second-order valence-electron chi connectivity index (χ2n) is 11.2. The molecule has 13 nitrogen and oxygen atoms in total. The summed E-state index contributed by atoms with van der Waals surface area (Å²) in [6.45, 7) is 6.74. The number of fused-ring (bicyclic) bond motifs is 2.